The number of amides is 1. The molecule has 2 N–H and O–H groups in total. The van der Waals surface area contributed by atoms with Crippen molar-refractivity contribution in [2.75, 3.05) is 5.32 Å². The lowest BCUT2D eigenvalue weighted by atomic mass is 10.4. The number of hydrogen-bond acceptors (Lipinski definition) is 4. The summed E-state index contributed by atoms with van der Waals surface area (Å²) in [5, 5.41) is 8.66. The molecular formula is C9H8FN5O. The van der Waals surface area contributed by atoms with E-state index in [0.29, 0.717) is 5.82 Å². The standard InChI is InChI=1S/C9H8FN5O/c1-5-12-8(15-14-5)9(16)13-7-3-2-6(10)4-11-7/h2-4H,1H3,(H,11,13,16)(H,12,14,15). The van der Waals surface area contributed by atoms with Crippen molar-refractivity contribution in [2.24, 2.45) is 0 Å². The van der Waals surface area contributed by atoms with Crippen molar-refractivity contribution in [3.05, 3.63) is 35.8 Å². The minimum Gasteiger partial charge on any atom is -0.304 e. The lowest BCUT2D eigenvalue weighted by Crippen LogP contribution is -2.14. The molecule has 0 bridgehead atoms. The maximum absolute atomic E-state index is 12.5. The van der Waals surface area contributed by atoms with Crippen LogP contribution in [0.4, 0.5) is 10.2 Å². The van der Waals surface area contributed by atoms with Gasteiger partial charge in [-0.05, 0) is 19.1 Å². The van der Waals surface area contributed by atoms with Gasteiger partial charge in [-0.3, -0.25) is 9.89 Å². The summed E-state index contributed by atoms with van der Waals surface area (Å²) in [4.78, 5) is 19.0. The van der Waals surface area contributed by atoms with Gasteiger partial charge in [-0.15, -0.1) is 5.10 Å². The summed E-state index contributed by atoms with van der Waals surface area (Å²) < 4.78 is 12.5. The molecule has 0 radical (unpaired) electrons. The number of nitrogens with one attached hydrogen (secondary N) is 2. The second-order valence-electron chi connectivity index (χ2n) is 3.06. The van der Waals surface area contributed by atoms with Crippen LogP contribution in [0.25, 0.3) is 0 Å². The van der Waals surface area contributed by atoms with Crippen molar-refractivity contribution in [1.29, 1.82) is 0 Å². The number of rotatable bonds is 2. The summed E-state index contributed by atoms with van der Waals surface area (Å²) in [6.45, 7) is 1.68. The molecule has 1 amide bonds. The zero-order valence-corrected chi connectivity index (χ0v) is 8.36. The van der Waals surface area contributed by atoms with E-state index in [1.54, 1.807) is 6.92 Å². The van der Waals surface area contributed by atoms with E-state index in [1.165, 1.54) is 12.1 Å². The van der Waals surface area contributed by atoms with Crippen LogP contribution in [0.15, 0.2) is 18.3 Å². The molecule has 16 heavy (non-hydrogen) atoms. The van der Waals surface area contributed by atoms with E-state index in [-0.39, 0.29) is 11.6 Å². The largest absolute Gasteiger partial charge is 0.304 e. The number of H-pyrrole nitrogens is 1. The average molecular weight is 221 g/mol. The Labute approximate surface area is 89.9 Å². The van der Waals surface area contributed by atoms with Gasteiger partial charge in [-0.2, -0.15) is 0 Å². The highest BCUT2D eigenvalue weighted by Crippen LogP contribution is 2.04. The molecule has 2 aromatic rings. The molecule has 2 heterocycles. The Morgan fingerprint density at radius 3 is 2.88 bits per heavy atom. The first-order chi connectivity index (χ1) is 7.65. The van der Waals surface area contributed by atoms with Crippen LogP contribution in [0.1, 0.15) is 16.4 Å². The van der Waals surface area contributed by atoms with Gasteiger partial charge in [0.2, 0.25) is 5.82 Å². The summed E-state index contributed by atoms with van der Waals surface area (Å²) in [5.74, 6) is -0.162. The van der Waals surface area contributed by atoms with Gasteiger partial charge < -0.3 is 5.32 Å². The molecule has 82 valence electrons. The lowest BCUT2D eigenvalue weighted by Gasteiger charge is -2.00. The maximum atomic E-state index is 12.5. The average Bonchev–Trinajstić information content (AvgIpc) is 2.68. The van der Waals surface area contributed by atoms with Crippen molar-refractivity contribution in [1.82, 2.24) is 20.2 Å². The molecule has 2 rings (SSSR count). The SMILES string of the molecule is Cc1nc(C(=O)Nc2ccc(F)cn2)n[nH]1. The van der Waals surface area contributed by atoms with Crippen LogP contribution in [0.2, 0.25) is 0 Å². The molecule has 6 nitrogen and oxygen atoms in total. The Kier molecular flexibility index (Phi) is 2.59. The summed E-state index contributed by atoms with van der Waals surface area (Å²) in [6.07, 6.45) is 1.01. The number of halogens is 1. The number of aryl methyl sites for hydroxylation is 1. The topological polar surface area (TPSA) is 83.6 Å². The number of carbonyl (C=O) groups is 1. The third-order valence-electron chi connectivity index (χ3n) is 1.77. The number of anilines is 1. The smallest absolute Gasteiger partial charge is 0.296 e. The summed E-state index contributed by atoms with van der Waals surface area (Å²) in [6, 6.07) is 2.55. The Balaban J connectivity index is 2.10. The van der Waals surface area contributed by atoms with E-state index in [9.17, 15) is 9.18 Å². The molecule has 0 unspecified atom stereocenters. The molecule has 0 aliphatic carbocycles. The van der Waals surface area contributed by atoms with Crippen LogP contribution in [0.3, 0.4) is 0 Å². The molecule has 0 aromatic carbocycles. The number of pyridine rings is 1. The predicted molar refractivity (Wildman–Crippen MR) is 53.3 cm³/mol. The number of aromatic amines is 1. The number of aromatic nitrogens is 4. The van der Waals surface area contributed by atoms with Gasteiger partial charge in [0.15, 0.2) is 0 Å². The minimum atomic E-state index is -0.497. The summed E-state index contributed by atoms with van der Waals surface area (Å²) >= 11 is 0. The zero-order chi connectivity index (χ0) is 11.5. The highest BCUT2D eigenvalue weighted by atomic mass is 19.1. The molecular weight excluding hydrogens is 213 g/mol. The first kappa shape index (κ1) is 10.2. The molecule has 0 aliphatic rings. The molecule has 0 atom stereocenters. The van der Waals surface area contributed by atoms with Gasteiger partial charge in [-0.25, -0.2) is 14.4 Å². The number of carbonyl (C=O) groups excluding carboxylic acids is 1. The monoisotopic (exact) mass is 221 g/mol. The van der Waals surface area contributed by atoms with Crippen molar-refractivity contribution in [2.45, 2.75) is 6.92 Å². The minimum absolute atomic E-state index is 0.0172. The van der Waals surface area contributed by atoms with Crippen LogP contribution in [0.5, 0.6) is 0 Å². The van der Waals surface area contributed by atoms with Gasteiger partial charge in [0.1, 0.15) is 17.5 Å². The molecule has 0 fully saturated rings. The molecule has 0 saturated heterocycles. The van der Waals surface area contributed by atoms with E-state index in [4.69, 9.17) is 0 Å². The van der Waals surface area contributed by atoms with Gasteiger partial charge >= 0.3 is 0 Å². The highest BCUT2D eigenvalue weighted by Gasteiger charge is 2.11. The van der Waals surface area contributed by atoms with E-state index < -0.39 is 11.7 Å². The lowest BCUT2D eigenvalue weighted by molar-refractivity contribution is 0.101. The van der Waals surface area contributed by atoms with E-state index in [2.05, 4.69) is 25.5 Å². The molecule has 0 saturated carbocycles. The predicted octanol–water partition coefficient (Wildman–Crippen LogP) is 0.900. The fourth-order valence-corrected chi connectivity index (χ4v) is 1.07. The van der Waals surface area contributed by atoms with Crippen LogP contribution in [0, 0.1) is 12.7 Å². The highest BCUT2D eigenvalue weighted by molar-refractivity contribution is 6.00. The van der Waals surface area contributed by atoms with Gasteiger partial charge in [-0.1, -0.05) is 0 Å². The summed E-state index contributed by atoms with van der Waals surface area (Å²) in [7, 11) is 0. The second-order valence-corrected chi connectivity index (χ2v) is 3.06. The van der Waals surface area contributed by atoms with Crippen molar-refractivity contribution in [3.63, 3.8) is 0 Å². The van der Waals surface area contributed by atoms with Gasteiger partial charge in [0.05, 0.1) is 6.20 Å². The number of nitrogens with zero attached hydrogens (tertiary/aromatic N) is 3. The quantitative estimate of drug-likeness (QED) is 0.789. The van der Waals surface area contributed by atoms with Crippen LogP contribution >= 0.6 is 0 Å². The Morgan fingerprint density at radius 1 is 1.50 bits per heavy atom. The van der Waals surface area contributed by atoms with Crippen LogP contribution < -0.4 is 5.32 Å². The van der Waals surface area contributed by atoms with Crippen molar-refractivity contribution in [3.8, 4) is 0 Å². The fraction of sp³-hybridized carbons (Fsp3) is 0.111. The molecule has 7 heteroatoms. The van der Waals surface area contributed by atoms with Crippen LogP contribution in [-0.2, 0) is 0 Å². The fourth-order valence-electron chi connectivity index (χ4n) is 1.07. The van der Waals surface area contributed by atoms with Crippen molar-refractivity contribution < 1.29 is 9.18 Å². The third kappa shape index (κ3) is 2.19. The first-order valence-electron chi connectivity index (χ1n) is 4.47. The third-order valence-corrected chi connectivity index (χ3v) is 1.77. The van der Waals surface area contributed by atoms with Crippen LogP contribution in [-0.4, -0.2) is 26.1 Å². The van der Waals surface area contributed by atoms with Gasteiger partial charge in [0.25, 0.3) is 5.91 Å². The Bertz CT molecular complexity index is 507. The molecule has 0 spiro atoms. The zero-order valence-electron chi connectivity index (χ0n) is 8.36. The normalized spacial score (nSPS) is 10.1. The van der Waals surface area contributed by atoms with Gasteiger partial charge in [0, 0.05) is 0 Å². The molecule has 2 aromatic heterocycles. The maximum Gasteiger partial charge on any atom is 0.296 e. The Hall–Kier alpha value is -2.31. The van der Waals surface area contributed by atoms with E-state index >= 15 is 0 Å². The van der Waals surface area contributed by atoms with E-state index in [0.717, 1.165) is 6.20 Å². The van der Waals surface area contributed by atoms with E-state index in [1.807, 2.05) is 0 Å². The summed E-state index contributed by atoms with van der Waals surface area (Å²) in [5.41, 5.74) is 0. The first-order valence-corrected chi connectivity index (χ1v) is 4.47. The number of hydrogen-bond donors (Lipinski definition) is 2. The second kappa shape index (κ2) is 4.05. The van der Waals surface area contributed by atoms with Crippen molar-refractivity contribution >= 4 is 11.7 Å². The Morgan fingerprint density at radius 2 is 2.31 bits per heavy atom. The molecule has 0 aliphatic heterocycles.